The third-order valence-corrected chi connectivity index (χ3v) is 4.19. The highest BCUT2D eigenvalue weighted by Crippen LogP contribution is 2.30. The first kappa shape index (κ1) is 12.8. The summed E-state index contributed by atoms with van der Waals surface area (Å²) >= 11 is 7.27. The van der Waals surface area contributed by atoms with Crippen molar-refractivity contribution >= 4 is 46.0 Å². The van der Waals surface area contributed by atoms with Crippen LogP contribution in [0.1, 0.15) is 12.8 Å². The van der Waals surface area contributed by atoms with Gasteiger partial charge in [0.2, 0.25) is 5.91 Å². The van der Waals surface area contributed by atoms with Crippen molar-refractivity contribution in [3.05, 3.63) is 17.2 Å². The second-order valence-electron chi connectivity index (χ2n) is 4.57. The van der Waals surface area contributed by atoms with E-state index in [0.29, 0.717) is 16.2 Å². The summed E-state index contributed by atoms with van der Waals surface area (Å²) in [6.45, 7) is 1.77. The number of carbonyl (C=O) groups excluding carboxylic acids is 1. The second kappa shape index (κ2) is 5.40. The number of amides is 1. The summed E-state index contributed by atoms with van der Waals surface area (Å²) in [5, 5.41) is 6.66. The van der Waals surface area contributed by atoms with Crippen molar-refractivity contribution in [2.24, 2.45) is 5.92 Å². The number of nitrogens with one attached hydrogen (secondary N) is 2. The minimum absolute atomic E-state index is 0.0175. The zero-order chi connectivity index (χ0) is 13.2. The number of carbonyl (C=O) groups is 1. The van der Waals surface area contributed by atoms with Crippen LogP contribution in [0.4, 0.5) is 5.69 Å². The fourth-order valence-electron chi connectivity index (χ4n) is 2.26. The summed E-state index contributed by atoms with van der Waals surface area (Å²) < 4.78 is 8.35. The highest BCUT2D eigenvalue weighted by molar-refractivity contribution is 7.00. The lowest BCUT2D eigenvalue weighted by Crippen LogP contribution is -2.34. The Kier molecular flexibility index (Phi) is 3.63. The molecule has 0 spiro atoms. The van der Waals surface area contributed by atoms with E-state index < -0.39 is 0 Å². The molecule has 2 N–H and O–H groups in total. The SMILES string of the molecule is O=C(Nc1c(Cl)ccc2nsnc12)C1CCNCC1. The number of piperidine rings is 1. The first-order chi connectivity index (χ1) is 9.25. The van der Waals surface area contributed by atoms with E-state index in [0.717, 1.165) is 43.2 Å². The van der Waals surface area contributed by atoms with Gasteiger partial charge in [-0.25, -0.2) is 0 Å². The van der Waals surface area contributed by atoms with Crippen molar-refractivity contribution in [1.29, 1.82) is 0 Å². The first-order valence-electron chi connectivity index (χ1n) is 6.18. The second-order valence-corrected chi connectivity index (χ2v) is 5.50. The molecular weight excluding hydrogens is 284 g/mol. The van der Waals surface area contributed by atoms with Gasteiger partial charge in [-0.15, -0.1) is 0 Å². The molecule has 3 rings (SSSR count). The molecule has 0 aliphatic carbocycles. The molecule has 7 heteroatoms. The van der Waals surface area contributed by atoms with Crippen molar-refractivity contribution in [2.75, 3.05) is 18.4 Å². The zero-order valence-corrected chi connectivity index (χ0v) is 11.7. The molecule has 0 saturated carbocycles. The smallest absolute Gasteiger partial charge is 0.227 e. The van der Waals surface area contributed by atoms with E-state index in [4.69, 9.17) is 11.6 Å². The molecule has 100 valence electrons. The zero-order valence-electron chi connectivity index (χ0n) is 10.1. The van der Waals surface area contributed by atoms with E-state index in [1.165, 1.54) is 0 Å². The number of rotatable bonds is 2. The van der Waals surface area contributed by atoms with Crippen LogP contribution in [-0.4, -0.2) is 27.7 Å². The molecule has 0 atom stereocenters. The average molecular weight is 297 g/mol. The maximum atomic E-state index is 12.2. The summed E-state index contributed by atoms with van der Waals surface area (Å²) in [5.41, 5.74) is 2.01. The minimum atomic E-state index is 0.0175. The summed E-state index contributed by atoms with van der Waals surface area (Å²) in [4.78, 5) is 12.2. The highest BCUT2D eigenvalue weighted by atomic mass is 35.5. The van der Waals surface area contributed by atoms with E-state index in [1.807, 2.05) is 0 Å². The lowest BCUT2D eigenvalue weighted by Gasteiger charge is -2.22. The Labute approximate surface area is 119 Å². The monoisotopic (exact) mass is 296 g/mol. The number of halogens is 1. The molecular formula is C12H13ClN4OS. The largest absolute Gasteiger partial charge is 0.323 e. The lowest BCUT2D eigenvalue weighted by molar-refractivity contribution is -0.120. The van der Waals surface area contributed by atoms with E-state index in [-0.39, 0.29) is 11.8 Å². The Morgan fingerprint density at radius 2 is 2.16 bits per heavy atom. The maximum absolute atomic E-state index is 12.2. The molecule has 19 heavy (non-hydrogen) atoms. The Hall–Kier alpha value is -1.24. The summed E-state index contributed by atoms with van der Waals surface area (Å²) in [6, 6.07) is 3.55. The molecule has 1 aliphatic heterocycles. The standard InChI is InChI=1S/C12H13ClN4OS/c13-8-1-2-9-11(17-19-16-9)10(8)15-12(18)7-3-5-14-6-4-7/h1-2,7,14H,3-6H2,(H,15,18). The van der Waals surface area contributed by atoms with Gasteiger partial charge in [0.25, 0.3) is 0 Å². The average Bonchev–Trinajstić information content (AvgIpc) is 2.91. The van der Waals surface area contributed by atoms with Crippen LogP contribution >= 0.6 is 23.3 Å². The molecule has 1 aliphatic rings. The van der Waals surface area contributed by atoms with Crippen LogP contribution in [0.15, 0.2) is 12.1 Å². The van der Waals surface area contributed by atoms with E-state index >= 15 is 0 Å². The minimum Gasteiger partial charge on any atom is -0.323 e. The molecule has 1 fully saturated rings. The predicted octanol–water partition coefficient (Wildman–Crippen LogP) is 2.28. The van der Waals surface area contributed by atoms with Crippen LogP contribution < -0.4 is 10.6 Å². The number of nitrogens with zero attached hydrogens (tertiary/aromatic N) is 2. The quantitative estimate of drug-likeness (QED) is 0.892. The van der Waals surface area contributed by atoms with Gasteiger partial charge < -0.3 is 10.6 Å². The van der Waals surface area contributed by atoms with Gasteiger partial charge in [0, 0.05) is 5.92 Å². The van der Waals surface area contributed by atoms with Crippen LogP contribution in [0, 0.1) is 5.92 Å². The van der Waals surface area contributed by atoms with Crippen molar-refractivity contribution in [1.82, 2.24) is 14.1 Å². The van der Waals surface area contributed by atoms with Gasteiger partial charge in [0.15, 0.2) is 0 Å². The topological polar surface area (TPSA) is 66.9 Å². The van der Waals surface area contributed by atoms with Crippen molar-refractivity contribution < 1.29 is 4.79 Å². The molecule has 1 saturated heterocycles. The number of aromatic nitrogens is 2. The van der Waals surface area contributed by atoms with E-state index in [2.05, 4.69) is 19.4 Å². The fraction of sp³-hybridized carbons (Fsp3) is 0.417. The van der Waals surface area contributed by atoms with Crippen molar-refractivity contribution in [2.45, 2.75) is 12.8 Å². The number of hydrogen-bond donors (Lipinski definition) is 2. The van der Waals surface area contributed by atoms with Gasteiger partial charge in [-0.2, -0.15) is 8.75 Å². The van der Waals surface area contributed by atoms with Gasteiger partial charge in [-0.1, -0.05) is 11.6 Å². The first-order valence-corrected chi connectivity index (χ1v) is 7.29. The van der Waals surface area contributed by atoms with Crippen LogP contribution in [0.25, 0.3) is 11.0 Å². The Morgan fingerprint density at radius 3 is 2.95 bits per heavy atom. The summed E-state index contributed by atoms with van der Waals surface area (Å²) in [7, 11) is 0. The van der Waals surface area contributed by atoms with Gasteiger partial charge in [0.1, 0.15) is 11.0 Å². The Morgan fingerprint density at radius 1 is 1.37 bits per heavy atom. The van der Waals surface area contributed by atoms with Crippen LogP contribution in [0.2, 0.25) is 5.02 Å². The van der Waals surface area contributed by atoms with Crippen molar-refractivity contribution in [3.8, 4) is 0 Å². The van der Waals surface area contributed by atoms with Gasteiger partial charge in [-0.3, -0.25) is 4.79 Å². The van der Waals surface area contributed by atoms with E-state index in [9.17, 15) is 4.79 Å². The highest BCUT2D eigenvalue weighted by Gasteiger charge is 2.22. The third kappa shape index (κ3) is 2.56. The van der Waals surface area contributed by atoms with Gasteiger partial charge >= 0.3 is 0 Å². The number of hydrogen-bond acceptors (Lipinski definition) is 5. The van der Waals surface area contributed by atoms with Crippen LogP contribution in [0.3, 0.4) is 0 Å². The van der Waals surface area contributed by atoms with E-state index in [1.54, 1.807) is 12.1 Å². The fourth-order valence-corrected chi connectivity index (χ4v) is 3.00. The third-order valence-electron chi connectivity index (χ3n) is 3.34. The molecule has 0 bridgehead atoms. The molecule has 1 aromatic heterocycles. The molecule has 0 radical (unpaired) electrons. The van der Waals surface area contributed by atoms with Crippen molar-refractivity contribution in [3.63, 3.8) is 0 Å². The molecule has 2 heterocycles. The molecule has 5 nitrogen and oxygen atoms in total. The van der Waals surface area contributed by atoms with Crippen LogP contribution in [0.5, 0.6) is 0 Å². The number of benzene rings is 1. The Balaban J connectivity index is 1.86. The van der Waals surface area contributed by atoms with Gasteiger partial charge in [-0.05, 0) is 38.1 Å². The lowest BCUT2D eigenvalue weighted by atomic mass is 9.97. The van der Waals surface area contributed by atoms with Crippen LogP contribution in [-0.2, 0) is 4.79 Å². The number of anilines is 1. The normalized spacial score (nSPS) is 16.7. The summed E-state index contributed by atoms with van der Waals surface area (Å²) in [6.07, 6.45) is 1.71. The predicted molar refractivity (Wildman–Crippen MR) is 76.6 cm³/mol. The molecule has 1 aromatic carbocycles. The maximum Gasteiger partial charge on any atom is 0.227 e. The van der Waals surface area contributed by atoms with Gasteiger partial charge in [0.05, 0.1) is 22.4 Å². The molecule has 1 amide bonds. The molecule has 0 unspecified atom stereocenters. The summed E-state index contributed by atoms with van der Waals surface area (Å²) in [5.74, 6) is 0.0584. The number of fused-ring (bicyclic) bond motifs is 1. The molecule has 2 aromatic rings. The Bertz CT molecular complexity index is 609.